The van der Waals surface area contributed by atoms with Gasteiger partial charge in [0.1, 0.15) is 0 Å². The summed E-state index contributed by atoms with van der Waals surface area (Å²) in [6.07, 6.45) is 0. The van der Waals surface area contributed by atoms with Crippen LogP contribution in [0.2, 0.25) is 0 Å². The third kappa shape index (κ3) is 2.04. The van der Waals surface area contributed by atoms with E-state index in [-0.39, 0.29) is 5.41 Å². The zero-order valence-corrected chi connectivity index (χ0v) is 8.15. The Kier molecular flexibility index (Phi) is 2.34. The van der Waals surface area contributed by atoms with Crippen LogP contribution in [0.4, 0.5) is 0 Å². The van der Waals surface area contributed by atoms with Gasteiger partial charge in [0.25, 0.3) is 0 Å². The summed E-state index contributed by atoms with van der Waals surface area (Å²) >= 11 is 0. The first kappa shape index (κ1) is 8.74. The number of rotatable bonds is 0. The van der Waals surface area contributed by atoms with Crippen molar-refractivity contribution in [2.24, 2.45) is 0 Å². The molecule has 0 bridgehead atoms. The highest BCUT2D eigenvalue weighted by molar-refractivity contribution is 7.27. The van der Waals surface area contributed by atoms with Gasteiger partial charge in [-0.2, -0.15) is 0 Å². The minimum atomic E-state index is 0.207. The van der Waals surface area contributed by atoms with Crippen LogP contribution in [0.5, 0.6) is 0 Å². The highest BCUT2D eigenvalue weighted by Gasteiger charge is 2.09. The number of hydrogen-bond donors (Lipinski definition) is 0. The normalized spacial score (nSPS) is 11.6. The highest BCUT2D eigenvalue weighted by atomic mass is 31.0. The molecule has 0 spiro atoms. The van der Waals surface area contributed by atoms with Crippen molar-refractivity contribution in [3.05, 3.63) is 29.8 Å². The van der Waals surface area contributed by atoms with E-state index < -0.39 is 0 Å². The summed E-state index contributed by atoms with van der Waals surface area (Å²) in [5.41, 5.74) is 1.52. The molecule has 0 saturated carbocycles. The van der Waals surface area contributed by atoms with Gasteiger partial charge in [-0.15, -0.1) is 6.07 Å². The molecule has 0 saturated heterocycles. The lowest BCUT2D eigenvalue weighted by Crippen LogP contribution is -2.18. The lowest BCUT2D eigenvalue weighted by molar-refractivity contribution is 0.594. The molecule has 0 amide bonds. The largest absolute Gasteiger partial charge is 1.45 e. The van der Waals surface area contributed by atoms with Crippen LogP contribution in [0.25, 0.3) is 0 Å². The molecule has 0 fully saturated rings. The molecule has 11 heavy (non-hydrogen) atoms. The van der Waals surface area contributed by atoms with Gasteiger partial charge in [-0.25, -0.2) is 0 Å². The van der Waals surface area contributed by atoms with Crippen molar-refractivity contribution < 1.29 is 0 Å². The average molecular weight is 164 g/mol. The van der Waals surface area contributed by atoms with E-state index in [9.17, 15) is 0 Å². The van der Waals surface area contributed by atoms with Crippen molar-refractivity contribution in [3.63, 3.8) is 0 Å². The molecule has 1 aromatic carbocycles. The quantitative estimate of drug-likeness (QED) is 0.517. The Bertz CT molecular complexity index is 245. The van der Waals surface area contributed by atoms with Crippen LogP contribution in [0.15, 0.2) is 24.3 Å². The molecule has 60 valence electrons. The summed E-state index contributed by atoms with van der Waals surface area (Å²) < 4.78 is 0. The molecule has 0 aliphatic carbocycles. The molecule has 1 aromatic rings. The molecule has 0 N–H and O–H groups in total. The van der Waals surface area contributed by atoms with E-state index in [0.717, 1.165) is 5.30 Å². The fourth-order valence-electron chi connectivity index (χ4n) is 1.11. The second-order valence-electron chi connectivity index (χ2n) is 3.77. The first-order valence-electron chi connectivity index (χ1n) is 3.80. The Morgan fingerprint density at radius 3 is 2.00 bits per heavy atom. The van der Waals surface area contributed by atoms with Gasteiger partial charge in [-0.1, -0.05) is 44.5 Å². The molecule has 0 radical (unpaired) electrons. The van der Waals surface area contributed by atoms with Gasteiger partial charge in [0, 0.05) is 0 Å². The Hall–Kier alpha value is -0.350. The molecule has 0 heterocycles. The summed E-state index contributed by atoms with van der Waals surface area (Å²) in [6.45, 7) is 6.59. The zero-order chi connectivity index (χ0) is 8.48. The SMILES string of the molecule is CC(C)(C)c1ccccc1[P-2]. The molecular formula is C10H13P-2. The van der Waals surface area contributed by atoms with E-state index >= 15 is 0 Å². The van der Waals surface area contributed by atoms with Gasteiger partial charge in [0.05, 0.1) is 0 Å². The number of benzene rings is 1. The summed E-state index contributed by atoms with van der Waals surface area (Å²) in [6, 6.07) is 8.23. The van der Waals surface area contributed by atoms with Crippen LogP contribution >= 0.6 is 9.24 Å². The van der Waals surface area contributed by atoms with Crippen LogP contribution < -0.4 is 5.30 Å². The second-order valence-corrected chi connectivity index (χ2v) is 4.25. The van der Waals surface area contributed by atoms with Crippen molar-refractivity contribution in [1.82, 2.24) is 0 Å². The van der Waals surface area contributed by atoms with Crippen molar-refractivity contribution in [3.8, 4) is 0 Å². The predicted molar refractivity (Wildman–Crippen MR) is 51.7 cm³/mol. The van der Waals surface area contributed by atoms with E-state index in [1.807, 2.05) is 12.1 Å². The minimum absolute atomic E-state index is 0.207. The Morgan fingerprint density at radius 1 is 1.09 bits per heavy atom. The summed E-state index contributed by atoms with van der Waals surface area (Å²) in [5, 5.41) is 1.08. The van der Waals surface area contributed by atoms with Gasteiger partial charge in [-0.3, -0.25) is 0 Å². The molecule has 0 unspecified atom stereocenters. The third-order valence-electron chi connectivity index (χ3n) is 1.71. The van der Waals surface area contributed by atoms with E-state index in [1.165, 1.54) is 5.56 Å². The van der Waals surface area contributed by atoms with Gasteiger partial charge in [0.2, 0.25) is 0 Å². The van der Waals surface area contributed by atoms with Gasteiger partial charge < -0.3 is 14.5 Å². The topological polar surface area (TPSA) is 0 Å². The zero-order valence-electron chi connectivity index (χ0n) is 7.26. The van der Waals surface area contributed by atoms with Crippen molar-refractivity contribution in [2.75, 3.05) is 0 Å². The monoisotopic (exact) mass is 164 g/mol. The first-order valence-corrected chi connectivity index (χ1v) is 4.25. The average Bonchev–Trinajstić information content (AvgIpc) is 1.86. The molecule has 0 nitrogen and oxygen atoms in total. The summed E-state index contributed by atoms with van der Waals surface area (Å²) in [4.78, 5) is 0. The summed E-state index contributed by atoms with van der Waals surface area (Å²) in [7, 11) is 4.39. The number of hydrogen-bond acceptors (Lipinski definition) is 0. The lowest BCUT2D eigenvalue weighted by atomic mass is 9.87. The molecule has 0 atom stereocenters. The van der Waals surface area contributed by atoms with Gasteiger partial charge in [0.15, 0.2) is 0 Å². The van der Waals surface area contributed by atoms with Crippen molar-refractivity contribution in [2.45, 2.75) is 26.2 Å². The maximum absolute atomic E-state index is 4.39. The van der Waals surface area contributed by atoms with Crippen LogP contribution in [0.3, 0.4) is 0 Å². The maximum atomic E-state index is 4.39. The second kappa shape index (κ2) is 2.95. The standard InChI is InChI=1S/C10H13P/c1-10(2,3)8-6-4-5-7-9(8)11/h4-7H,1-3H3/q-2. The van der Waals surface area contributed by atoms with Crippen LogP contribution in [-0.4, -0.2) is 0 Å². The van der Waals surface area contributed by atoms with Crippen LogP contribution in [0, 0.1) is 0 Å². The van der Waals surface area contributed by atoms with Crippen LogP contribution in [0.1, 0.15) is 26.3 Å². The van der Waals surface area contributed by atoms with E-state index in [0.29, 0.717) is 0 Å². The van der Waals surface area contributed by atoms with Gasteiger partial charge >= 0.3 is 0 Å². The maximum Gasteiger partial charge on any atom is -0.0176 e. The third-order valence-corrected chi connectivity index (χ3v) is 2.10. The van der Waals surface area contributed by atoms with E-state index in [2.05, 4.69) is 42.1 Å². The minimum Gasteiger partial charge on any atom is -1.45 e. The molecular weight excluding hydrogens is 151 g/mol. The van der Waals surface area contributed by atoms with Crippen molar-refractivity contribution in [1.29, 1.82) is 0 Å². The van der Waals surface area contributed by atoms with Crippen molar-refractivity contribution >= 4 is 14.5 Å². The Balaban J connectivity index is 3.14. The van der Waals surface area contributed by atoms with Crippen LogP contribution in [-0.2, 0) is 5.41 Å². The fraction of sp³-hybridized carbons (Fsp3) is 0.400. The predicted octanol–water partition coefficient (Wildman–Crippen LogP) is 3.02. The smallest absolute Gasteiger partial charge is 0.0176 e. The Labute approximate surface area is 71.2 Å². The Morgan fingerprint density at radius 2 is 1.64 bits per heavy atom. The molecule has 0 aromatic heterocycles. The molecule has 0 aliphatic heterocycles. The fourth-order valence-corrected chi connectivity index (χ4v) is 1.60. The summed E-state index contributed by atoms with van der Waals surface area (Å²) in [5.74, 6) is 0. The molecule has 0 aliphatic rings. The van der Waals surface area contributed by atoms with E-state index in [4.69, 9.17) is 0 Å². The van der Waals surface area contributed by atoms with Gasteiger partial charge in [-0.05, 0) is 5.41 Å². The highest BCUT2D eigenvalue weighted by Crippen LogP contribution is 2.20. The van der Waals surface area contributed by atoms with E-state index in [1.54, 1.807) is 0 Å². The molecule has 1 heteroatoms. The molecule has 1 rings (SSSR count). The first-order chi connectivity index (χ1) is 5.02. The lowest BCUT2D eigenvalue weighted by Gasteiger charge is -2.42.